The minimum Gasteiger partial charge on any atom is -0.497 e. The summed E-state index contributed by atoms with van der Waals surface area (Å²) in [6, 6.07) is 23.4. The van der Waals surface area contributed by atoms with Crippen molar-refractivity contribution in [3.8, 4) is 16.9 Å². The van der Waals surface area contributed by atoms with E-state index in [0.29, 0.717) is 0 Å². The molecule has 1 aliphatic rings. The lowest BCUT2D eigenvalue weighted by Crippen LogP contribution is -2.07. The molecule has 4 rings (SSSR count). The van der Waals surface area contributed by atoms with Gasteiger partial charge in [-0.1, -0.05) is 61.2 Å². The van der Waals surface area contributed by atoms with Crippen LogP contribution >= 0.6 is 0 Å². The van der Waals surface area contributed by atoms with Gasteiger partial charge in [0, 0.05) is 0 Å². The third-order valence-corrected chi connectivity index (χ3v) is 4.89. The maximum absolute atomic E-state index is 5.25. The van der Waals surface area contributed by atoms with Crippen LogP contribution in [-0.2, 0) is 12.8 Å². The molecule has 0 atom stereocenters. The number of hydrogen-bond acceptors (Lipinski definition) is 1. The molecule has 118 valence electrons. The van der Waals surface area contributed by atoms with Gasteiger partial charge in [-0.3, -0.25) is 0 Å². The number of aryl methyl sites for hydroxylation is 1. The molecule has 0 N–H and O–H groups in total. The summed E-state index contributed by atoms with van der Waals surface area (Å²) in [5, 5.41) is 0. The molecule has 24 heavy (non-hydrogen) atoms. The summed E-state index contributed by atoms with van der Waals surface area (Å²) in [7, 11) is 1.69. The Labute approximate surface area is 143 Å². The van der Waals surface area contributed by atoms with E-state index in [4.69, 9.17) is 4.74 Å². The van der Waals surface area contributed by atoms with E-state index in [-0.39, 0.29) is 0 Å². The van der Waals surface area contributed by atoms with E-state index in [1.807, 2.05) is 12.1 Å². The molecule has 0 radical (unpaired) electrons. The molecule has 0 aliphatic heterocycles. The third kappa shape index (κ3) is 2.43. The van der Waals surface area contributed by atoms with E-state index < -0.39 is 0 Å². The number of methoxy groups -OCH3 is 1. The Morgan fingerprint density at radius 3 is 2.38 bits per heavy atom. The molecule has 0 heterocycles. The van der Waals surface area contributed by atoms with Gasteiger partial charge in [0.15, 0.2) is 0 Å². The van der Waals surface area contributed by atoms with Gasteiger partial charge in [-0.05, 0) is 63.9 Å². The quantitative estimate of drug-likeness (QED) is 0.618. The van der Waals surface area contributed by atoms with Crippen LogP contribution in [0.15, 0.2) is 73.3 Å². The van der Waals surface area contributed by atoms with Gasteiger partial charge >= 0.3 is 0 Å². The molecule has 0 spiro atoms. The Morgan fingerprint density at radius 1 is 0.833 bits per heavy atom. The van der Waals surface area contributed by atoms with Crippen molar-refractivity contribution >= 4 is 5.57 Å². The van der Waals surface area contributed by atoms with Crippen molar-refractivity contribution in [3.63, 3.8) is 0 Å². The fraction of sp³-hybridized carbons (Fsp3) is 0.130. The Balaban J connectivity index is 1.79. The first-order chi connectivity index (χ1) is 11.8. The predicted molar refractivity (Wildman–Crippen MR) is 100 cm³/mol. The Bertz CT molecular complexity index is 904. The smallest absolute Gasteiger partial charge is 0.118 e. The van der Waals surface area contributed by atoms with E-state index in [0.717, 1.165) is 29.7 Å². The lowest BCUT2D eigenvalue weighted by molar-refractivity contribution is 0.415. The van der Waals surface area contributed by atoms with Crippen molar-refractivity contribution in [1.29, 1.82) is 0 Å². The second-order valence-electron chi connectivity index (χ2n) is 6.20. The molecule has 1 nitrogen and oxygen atoms in total. The molecule has 0 aromatic heterocycles. The van der Waals surface area contributed by atoms with Crippen LogP contribution in [0.3, 0.4) is 0 Å². The highest BCUT2D eigenvalue weighted by Gasteiger charge is 2.19. The zero-order valence-electron chi connectivity index (χ0n) is 13.9. The van der Waals surface area contributed by atoms with E-state index >= 15 is 0 Å². The number of hydrogen-bond donors (Lipinski definition) is 0. The maximum Gasteiger partial charge on any atom is 0.118 e. The average molecular weight is 312 g/mol. The van der Waals surface area contributed by atoms with Gasteiger partial charge in [0.1, 0.15) is 5.75 Å². The maximum atomic E-state index is 5.25. The van der Waals surface area contributed by atoms with E-state index in [1.54, 1.807) is 7.11 Å². The molecule has 0 amide bonds. The Morgan fingerprint density at radius 2 is 1.58 bits per heavy atom. The molecule has 0 bridgehead atoms. The van der Waals surface area contributed by atoms with E-state index in [2.05, 4.69) is 61.2 Å². The van der Waals surface area contributed by atoms with Crippen molar-refractivity contribution < 1.29 is 4.74 Å². The highest BCUT2D eigenvalue weighted by molar-refractivity contribution is 5.85. The van der Waals surface area contributed by atoms with Gasteiger partial charge in [0.05, 0.1) is 7.11 Å². The second kappa shape index (κ2) is 6.01. The summed E-state index contributed by atoms with van der Waals surface area (Å²) >= 11 is 0. The molecule has 3 aromatic carbocycles. The lowest BCUT2D eigenvalue weighted by Gasteiger charge is -2.23. The van der Waals surface area contributed by atoms with Crippen LogP contribution in [0.1, 0.15) is 22.3 Å². The van der Waals surface area contributed by atoms with Gasteiger partial charge in [0.2, 0.25) is 0 Å². The van der Waals surface area contributed by atoms with Gasteiger partial charge in [-0.15, -0.1) is 0 Å². The fourth-order valence-electron chi connectivity index (χ4n) is 3.60. The number of fused-ring (bicyclic) bond motifs is 3. The molecule has 0 unspecified atom stereocenters. The van der Waals surface area contributed by atoms with Crippen molar-refractivity contribution in [2.75, 3.05) is 7.11 Å². The second-order valence-corrected chi connectivity index (χ2v) is 6.20. The first-order valence-corrected chi connectivity index (χ1v) is 8.32. The largest absolute Gasteiger partial charge is 0.497 e. The predicted octanol–water partition coefficient (Wildman–Crippen LogP) is 5.52. The molecule has 3 aromatic rings. The molecule has 0 saturated carbocycles. The number of ether oxygens (including phenoxy) is 1. The Kier molecular flexibility index (Phi) is 3.70. The van der Waals surface area contributed by atoms with Crippen LogP contribution in [-0.4, -0.2) is 7.11 Å². The fourth-order valence-corrected chi connectivity index (χ4v) is 3.60. The van der Waals surface area contributed by atoms with Gasteiger partial charge < -0.3 is 4.74 Å². The van der Waals surface area contributed by atoms with Gasteiger partial charge in [-0.25, -0.2) is 0 Å². The van der Waals surface area contributed by atoms with Crippen LogP contribution in [0.2, 0.25) is 0 Å². The first-order valence-electron chi connectivity index (χ1n) is 8.32. The zero-order valence-corrected chi connectivity index (χ0v) is 13.9. The lowest BCUT2D eigenvalue weighted by atomic mass is 9.81. The van der Waals surface area contributed by atoms with Crippen LogP contribution in [0.25, 0.3) is 16.7 Å². The third-order valence-electron chi connectivity index (χ3n) is 4.89. The summed E-state index contributed by atoms with van der Waals surface area (Å²) in [6.07, 6.45) is 2.16. The van der Waals surface area contributed by atoms with E-state index in [1.165, 1.54) is 27.8 Å². The summed E-state index contributed by atoms with van der Waals surface area (Å²) in [4.78, 5) is 0. The standard InChI is InChI=1S/C23H20O/c1-16(17-10-13-19(24-2)14-11-17)20-8-5-9-22-21-7-4-3-6-18(21)12-15-23(20)22/h3-11,13-14H,1,12,15H2,2H3. The Hall–Kier alpha value is -2.80. The van der Waals surface area contributed by atoms with Crippen molar-refractivity contribution in [2.45, 2.75) is 12.8 Å². The molecule has 1 aliphatic carbocycles. The zero-order chi connectivity index (χ0) is 16.5. The van der Waals surface area contributed by atoms with Crippen molar-refractivity contribution in [1.82, 2.24) is 0 Å². The highest BCUT2D eigenvalue weighted by atomic mass is 16.5. The minimum absolute atomic E-state index is 0.871. The van der Waals surface area contributed by atoms with E-state index in [9.17, 15) is 0 Å². The van der Waals surface area contributed by atoms with Crippen molar-refractivity contribution in [2.24, 2.45) is 0 Å². The SMILES string of the molecule is C=C(c1ccc(OC)cc1)c1cccc2c1CCc1ccccc1-2. The monoisotopic (exact) mass is 312 g/mol. The summed E-state index contributed by atoms with van der Waals surface area (Å²) < 4.78 is 5.25. The summed E-state index contributed by atoms with van der Waals surface area (Å²) in [6.45, 7) is 4.37. The summed E-state index contributed by atoms with van der Waals surface area (Å²) in [5.41, 5.74) is 9.05. The van der Waals surface area contributed by atoms with Crippen LogP contribution < -0.4 is 4.74 Å². The van der Waals surface area contributed by atoms with Gasteiger partial charge in [-0.2, -0.15) is 0 Å². The molecule has 1 heteroatoms. The van der Waals surface area contributed by atoms with Crippen LogP contribution in [0.4, 0.5) is 0 Å². The normalized spacial score (nSPS) is 12.2. The molecule has 0 saturated heterocycles. The summed E-state index contributed by atoms with van der Waals surface area (Å²) in [5.74, 6) is 0.871. The van der Waals surface area contributed by atoms with Crippen LogP contribution in [0.5, 0.6) is 5.75 Å². The average Bonchev–Trinajstić information content (AvgIpc) is 2.67. The van der Waals surface area contributed by atoms with Gasteiger partial charge in [0.25, 0.3) is 0 Å². The van der Waals surface area contributed by atoms with Crippen molar-refractivity contribution in [3.05, 3.63) is 95.6 Å². The minimum atomic E-state index is 0.871. The topological polar surface area (TPSA) is 9.23 Å². The number of benzene rings is 3. The molecular weight excluding hydrogens is 292 g/mol. The number of rotatable bonds is 3. The first kappa shape index (κ1) is 14.8. The molecular formula is C23H20O. The van der Waals surface area contributed by atoms with Crippen LogP contribution in [0, 0.1) is 0 Å². The molecule has 0 fully saturated rings. The highest BCUT2D eigenvalue weighted by Crippen LogP contribution is 2.38.